The Labute approximate surface area is 160 Å². The molecule has 0 aromatic rings. The molecule has 0 spiro atoms. The Hall–Kier alpha value is -0.110. The van der Waals surface area contributed by atoms with E-state index in [0.717, 1.165) is 50.4 Å². The number of rotatable bonds is 6. The van der Waals surface area contributed by atoms with E-state index in [0.29, 0.717) is 11.3 Å². The van der Waals surface area contributed by atoms with Crippen LogP contribution in [0, 0.1) is 0 Å². The lowest BCUT2D eigenvalue weighted by Gasteiger charge is -2.30. The molecule has 2 N–H and O–H groups in total. The molecular weight excluding hydrogens is 421 g/mol. The minimum Gasteiger partial charge on any atom is -0.356 e. The molecular formula is C17H32IN3OS. The van der Waals surface area contributed by atoms with Crippen LogP contribution in [0.1, 0.15) is 58.3 Å². The Morgan fingerprint density at radius 3 is 2.87 bits per heavy atom. The molecule has 0 aliphatic heterocycles. The third kappa shape index (κ3) is 7.11. The van der Waals surface area contributed by atoms with E-state index in [-0.39, 0.29) is 24.0 Å². The zero-order chi connectivity index (χ0) is 15.8. The van der Waals surface area contributed by atoms with Gasteiger partial charge in [-0.3, -0.25) is 9.20 Å². The zero-order valence-corrected chi connectivity index (χ0v) is 17.6. The second kappa shape index (κ2) is 11.4. The van der Waals surface area contributed by atoms with Crippen molar-refractivity contribution in [3.63, 3.8) is 0 Å². The summed E-state index contributed by atoms with van der Waals surface area (Å²) in [5, 5.41) is 7.31. The summed E-state index contributed by atoms with van der Waals surface area (Å²) in [6.07, 6.45) is 11.8. The standard InChI is InChI=1S/C17H31N3OS.HI/c1-3-22(21)16-10-6-9-15(13-16)20-17(18-2)19-12-11-14-7-4-5-8-14;/h7,15-16H,3-6,8-13H2,1-2H3,(H2,18,19,20);1H. The second-order valence-corrected chi connectivity index (χ2v) is 8.31. The van der Waals surface area contributed by atoms with Gasteiger partial charge < -0.3 is 10.6 Å². The Bertz CT molecular complexity index is 440. The van der Waals surface area contributed by atoms with Crippen LogP contribution in [-0.2, 0) is 10.8 Å². The van der Waals surface area contributed by atoms with Crippen LogP contribution in [0.25, 0.3) is 0 Å². The normalized spacial score (nSPS) is 26.2. The van der Waals surface area contributed by atoms with Crippen molar-refractivity contribution in [3.05, 3.63) is 11.6 Å². The number of guanidine groups is 1. The third-order valence-corrected chi connectivity index (χ3v) is 6.46. The van der Waals surface area contributed by atoms with E-state index in [2.05, 4.69) is 21.7 Å². The Morgan fingerprint density at radius 2 is 2.22 bits per heavy atom. The van der Waals surface area contributed by atoms with E-state index in [4.69, 9.17) is 0 Å². The molecule has 4 nitrogen and oxygen atoms in total. The van der Waals surface area contributed by atoms with E-state index < -0.39 is 10.8 Å². The second-order valence-electron chi connectivity index (χ2n) is 6.30. The van der Waals surface area contributed by atoms with Crippen molar-refractivity contribution >= 4 is 40.7 Å². The van der Waals surface area contributed by atoms with E-state index in [1.807, 2.05) is 14.0 Å². The molecule has 23 heavy (non-hydrogen) atoms. The van der Waals surface area contributed by atoms with Crippen LogP contribution in [0.15, 0.2) is 16.6 Å². The molecule has 2 aliphatic carbocycles. The Balaban J connectivity index is 0.00000264. The quantitative estimate of drug-likeness (QED) is 0.281. The SMILES string of the molecule is CCS(=O)C1CCCC(NC(=NC)NCCC2=CCCC2)C1.I. The van der Waals surface area contributed by atoms with E-state index in [1.54, 1.807) is 5.57 Å². The van der Waals surface area contributed by atoms with Crippen molar-refractivity contribution in [2.45, 2.75) is 69.6 Å². The van der Waals surface area contributed by atoms with E-state index >= 15 is 0 Å². The number of aliphatic imine (C=N–C) groups is 1. The smallest absolute Gasteiger partial charge is 0.191 e. The van der Waals surface area contributed by atoms with Gasteiger partial charge in [-0.1, -0.05) is 25.0 Å². The fourth-order valence-electron chi connectivity index (χ4n) is 3.44. The maximum absolute atomic E-state index is 12.0. The van der Waals surface area contributed by atoms with Gasteiger partial charge in [0.15, 0.2) is 5.96 Å². The molecule has 1 fully saturated rings. The molecule has 134 valence electrons. The lowest BCUT2D eigenvalue weighted by molar-refractivity contribution is 0.413. The van der Waals surface area contributed by atoms with Gasteiger partial charge in [0.2, 0.25) is 0 Å². The Kier molecular flexibility index (Phi) is 10.4. The molecule has 3 unspecified atom stereocenters. The fourth-order valence-corrected chi connectivity index (χ4v) is 4.79. The average Bonchev–Trinajstić information content (AvgIpc) is 3.06. The maximum Gasteiger partial charge on any atom is 0.191 e. The topological polar surface area (TPSA) is 53.5 Å². The largest absolute Gasteiger partial charge is 0.356 e. The predicted molar refractivity (Wildman–Crippen MR) is 111 cm³/mol. The zero-order valence-electron chi connectivity index (χ0n) is 14.5. The van der Waals surface area contributed by atoms with Crippen LogP contribution in [0.4, 0.5) is 0 Å². The van der Waals surface area contributed by atoms with Crippen molar-refractivity contribution in [1.29, 1.82) is 0 Å². The van der Waals surface area contributed by atoms with Gasteiger partial charge in [-0.05, 0) is 44.9 Å². The number of nitrogens with zero attached hydrogens (tertiary/aromatic N) is 1. The molecule has 0 heterocycles. The first-order valence-corrected chi connectivity index (χ1v) is 10.1. The summed E-state index contributed by atoms with van der Waals surface area (Å²) in [7, 11) is 1.16. The number of allylic oxidation sites excluding steroid dienone is 1. The minimum atomic E-state index is -0.666. The first-order chi connectivity index (χ1) is 10.7. The summed E-state index contributed by atoms with van der Waals surface area (Å²) < 4.78 is 12.0. The summed E-state index contributed by atoms with van der Waals surface area (Å²) in [5.41, 5.74) is 1.58. The van der Waals surface area contributed by atoms with Crippen molar-refractivity contribution in [2.24, 2.45) is 4.99 Å². The van der Waals surface area contributed by atoms with E-state index in [1.165, 1.54) is 19.3 Å². The monoisotopic (exact) mass is 453 g/mol. The summed E-state index contributed by atoms with van der Waals surface area (Å²) in [6, 6.07) is 0.408. The first kappa shape index (κ1) is 20.9. The third-order valence-electron chi connectivity index (χ3n) is 4.72. The van der Waals surface area contributed by atoms with Crippen LogP contribution in [0.5, 0.6) is 0 Å². The fraction of sp³-hybridized carbons (Fsp3) is 0.824. The van der Waals surface area contributed by atoms with Crippen molar-refractivity contribution in [2.75, 3.05) is 19.3 Å². The highest BCUT2D eigenvalue weighted by Gasteiger charge is 2.25. The summed E-state index contributed by atoms with van der Waals surface area (Å²) in [4.78, 5) is 4.34. The van der Waals surface area contributed by atoms with Crippen molar-refractivity contribution < 1.29 is 4.21 Å². The van der Waals surface area contributed by atoms with Gasteiger partial charge in [-0.15, -0.1) is 24.0 Å². The highest BCUT2D eigenvalue weighted by Crippen LogP contribution is 2.23. The molecule has 0 bridgehead atoms. The highest BCUT2D eigenvalue weighted by atomic mass is 127. The van der Waals surface area contributed by atoms with Crippen LogP contribution in [-0.4, -0.2) is 40.8 Å². The van der Waals surface area contributed by atoms with Gasteiger partial charge in [0.05, 0.1) is 0 Å². The van der Waals surface area contributed by atoms with Gasteiger partial charge in [0, 0.05) is 41.4 Å². The average molecular weight is 453 g/mol. The van der Waals surface area contributed by atoms with Crippen LogP contribution >= 0.6 is 24.0 Å². The molecule has 6 heteroatoms. The van der Waals surface area contributed by atoms with Crippen LogP contribution in [0.3, 0.4) is 0 Å². The first-order valence-electron chi connectivity index (χ1n) is 8.75. The van der Waals surface area contributed by atoms with E-state index in [9.17, 15) is 4.21 Å². The molecule has 0 aromatic carbocycles. The number of nitrogens with one attached hydrogen (secondary N) is 2. The lowest BCUT2D eigenvalue weighted by Crippen LogP contribution is -2.46. The molecule has 2 aliphatic rings. The molecule has 0 saturated heterocycles. The summed E-state index contributed by atoms with van der Waals surface area (Å²) in [5.74, 6) is 1.67. The van der Waals surface area contributed by atoms with Crippen molar-refractivity contribution in [3.8, 4) is 0 Å². The summed E-state index contributed by atoms with van der Waals surface area (Å²) >= 11 is 0. The molecule has 0 aromatic heterocycles. The number of hydrogen-bond donors (Lipinski definition) is 2. The number of hydrogen-bond acceptors (Lipinski definition) is 2. The van der Waals surface area contributed by atoms with Gasteiger partial charge in [-0.2, -0.15) is 0 Å². The van der Waals surface area contributed by atoms with Gasteiger partial charge in [-0.25, -0.2) is 0 Å². The lowest BCUT2D eigenvalue weighted by atomic mass is 9.95. The molecule has 3 atom stereocenters. The van der Waals surface area contributed by atoms with Crippen LogP contribution < -0.4 is 10.6 Å². The van der Waals surface area contributed by atoms with Crippen LogP contribution in [0.2, 0.25) is 0 Å². The Morgan fingerprint density at radius 1 is 1.39 bits per heavy atom. The molecule has 0 amide bonds. The number of halogens is 1. The maximum atomic E-state index is 12.0. The van der Waals surface area contributed by atoms with Gasteiger partial charge >= 0.3 is 0 Å². The highest BCUT2D eigenvalue weighted by molar-refractivity contribution is 14.0. The molecule has 1 saturated carbocycles. The summed E-state index contributed by atoms with van der Waals surface area (Å²) in [6.45, 7) is 2.97. The molecule has 0 radical (unpaired) electrons. The minimum absolute atomic E-state index is 0. The molecule has 2 rings (SSSR count). The predicted octanol–water partition coefficient (Wildman–Crippen LogP) is 3.35. The van der Waals surface area contributed by atoms with Gasteiger partial charge in [0.25, 0.3) is 0 Å². The van der Waals surface area contributed by atoms with Crippen molar-refractivity contribution in [1.82, 2.24) is 10.6 Å². The van der Waals surface area contributed by atoms with Gasteiger partial charge in [0.1, 0.15) is 0 Å².